The zero-order chi connectivity index (χ0) is 10.3. The molecule has 5 heteroatoms. The fourth-order valence-electron chi connectivity index (χ4n) is 1.78. The van der Waals surface area contributed by atoms with E-state index in [9.17, 15) is 14.4 Å². The van der Waals surface area contributed by atoms with E-state index in [2.05, 4.69) is 10.1 Å². The molecule has 0 radical (unpaired) electrons. The van der Waals surface area contributed by atoms with Gasteiger partial charge in [0.25, 0.3) is 0 Å². The molecule has 5 nitrogen and oxygen atoms in total. The predicted octanol–water partition coefficient (Wildman–Crippen LogP) is -0.745. The zero-order valence-corrected chi connectivity index (χ0v) is 7.83. The number of hydrogen-bond donors (Lipinski definition) is 1. The Labute approximate surface area is 80.8 Å². The number of esters is 1. The summed E-state index contributed by atoms with van der Waals surface area (Å²) in [5.74, 6) is -2.79. The van der Waals surface area contributed by atoms with Gasteiger partial charge in [-0.25, -0.2) is 0 Å². The van der Waals surface area contributed by atoms with Crippen LogP contribution in [0, 0.1) is 11.3 Å². The van der Waals surface area contributed by atoms with E-state index < -0.39 is 23.2 Å². The van der Waals surface area contributed by atoms with Crippen molar-refractivity contribution in [3.63, 3.8) is 0 Å². The lowest BCUT2D eigenvalue weighted by atomic mass is 9.86. The summed E-state index contributed by atoms with van der Waals surface area (Å²) >= 11 is 0. The van der Waals surface area contributed by atoms with Crippen molar-refractivity contribution in [1.82, 2.24) is 5.32 Å². The maximum absolute atomic E-state index is 11.8. The molecule has 1 unspecified atom stereocenters. The summed E-state index contributed by atoms with van der Waals surface area (Å²) in [6.45, 7) is 0.373. The quantitative estimate of drug-likeness (QED) is 0.443. The molecule has 2 fully saturated rings. The molecule has 1 saturated carbocycles. The van der Waals surface area contributed by atoms with Crippen LogP contribution in [0.1, 0.15) is 12.8 Å². The number of nitrogens with one attached hydrogen (secondary N) is 1. The predicted molar refractivity (Wildman–Crippen MR) is 45.2 cm³/mol. The van der Waals surface area contributed by atoms with Gasteiger partial charge in [-0.3, -0.25) is 14.4 Å². The van der Waals surface area contributed by atoms with Crippen molar-refractivity contribution < 1.29 is 19.1 Å². The summed E-state index contributed by atoms with van der Waals surface area (Å²) in [5.41, 5.74) is -0.452. The molecule has 1 amide bonds. The minimum atomic E-state index is -1.24. The molecule has 1 aliphatic heterocycles. The highest BCUT2D eigenvalue weighted by Gasteiger charge is 2.58. The van der Waals surface area contributed by atoms with Gasteiger partial charge < -0.3 is 10.1 Å². The Morgan fingerprint density at radius 3 is 2.64 bits per heavy atom. The molecule has 1 N–H and O–H groups in total. The second kappa shape index (κ2) is 2.80. The number of piperidine rings is 1. The van der Waals surface area contributed by atoms with Gasteiger partial charge in [-0.2, -0.15) is 0 Å². The van der Waals surface area contributed by atoms with Crippen molar-refractivity contribution in [2.24, 2.45) is 11.3 Å². The molecule has 2 rings (SSSR count). The number of hydrogen-bond acceptors (Lipinski definition) is 4. The smallest absolute Gasteiger partial charge is 0.325 e. The van der Waals surface area contributed by atoms with E-state index in [-0.39, 0.29) is 5.78 Å². The van der Waals surface area contributed by atoms with E-state index in [4.69, 9.17) is 0 Å². The molecule has 0 aromatic carbocycles. The number of rotatable bonds is 1. The average molecular weight is 197 g/mol. The number of carbonyl (C=O) groups is 3. The van der Waals surface area contributed by atoms with Crippen LogP contribution in [0.3, 0.4) is 0 Å². The average Bonchev–Trinajstić information content (AvgIpc) is 2.94. The lowest BCUT2D eigenvalue weighted by Gasteiger charge is -2.25. The first-order chi connectivity index (χ1) is 6.60. The standard InChI is InChI=1S/C9H11NO4/c1-14-8(13)5-6(11)9(2-3-9)4-10-7(5)12/h5H,2-4H2,1H3,(H,10,12). The van der Waals surface area contributed by atoms with Crippen molar-refractivity contribution >= 4 is 17.7 Å². The summed E-state index contributed by atoms with van der Waals surface area (Å²) in [5, 5.41) is 2.57. The Bertz CT molecular complexity index is 311. The monoisotopic (exact) mass is 197 g/mol. The first-order valence-electron chi connectivity index (χ1n) is 4.50. The Kier molecular flexibility index (Phi) is 1.83. The van der Waals surface area contributed by atoms with Gasteiger partial charge in [0, 0.05) is 12.0 Å². The number of ketones is 1. The summed E-state index contributed by atoms with van der Waals surface area (Å²) < 4.78 is 4.43. The van der Waals surface area contributed by atoms with E-state index >= 15 is 0 Å². The van der Waals surface area contributed by atoms with Crippen molar-refractivity contribution in [3.8, 4) is 0 Å². The molecule has 1 aliphatic carbocycles. The number of methoxy groups -OCH3 is 1. The van der Waals surface area contributed by atoms with Crippen molar-refractivity contribution in [2.45, 2.75) is 12.8 Å². The highest BCUT2D eigenvalue weighted by atomic mass is 16.5. The Morgan fingerprint density at radius 1 is 1.50 bits per heavy atom. The Morgan fingerprint density at radius 2 is 2.14 bits per heavy atom. The van der Waals surface area contributed by atoms with Crippen molar-refractivity contribution in [3.05, 3.63) is 0 Å². The van der Waals surface area contributed by atoms with E-state index in [1.54, 1.807) is 0 Å². The zero-order valence-electron chi connectivity index (χ0n) is 7.83. The molecule has 1 spiro atoms. The van der Waals surface area contributed by atoms with Gasteiger partial charge in [-0.1, -0.05) is 0 Å². The van der Waals surface area contributed by atoms with Crippen LogP contribution in [-0.4, -0.2) is 31.3 Å². The van der Waals surface area contributed by atoms with Crippen molar-refractivity contribution in [1.29, 1.82) is 0 Å². The van der Waals surface area contributed by atoms with E-state index in [0.29, 0.717) is 6.54 Å². The topological polar surface area (TPSA) is 72.5 Å². The second-order valence-corrected chi connectivity index (χ2v) is 3.82. The Balaban J connectivity index is 2.23. The number of ether oxygens (including phenoxy) is 1. The largest absolute Gasteiger partial charge is 0.468 e. The van der Waals surface area contributed by atoms with Crippen molar-refractivity contribution in [2.75, 3.05) is 13.7 Å². The fraction of sp³-hybridized carbons (Fsp3) is 0.667. The van der Waals surface area contributed by atoms with Gasteiger partial charge >= 0.3 is 5.97 Å². The molecule has 76 valence electrons. The molecule has 1 heterocycles. The second-order valence-electron chi connectivity index (χ2n) is 3.82. The number of Topliss-reactive ketones (excluding diaryl/α,β-unsaturated/α-hetero) is 1. The number of amides is 1. The molecule has 2 aliphatic rings. The van der Waals surface area contributed by atoms with Gasteiger partial charge in [0.15, 0.2) is 11.7 Å². The summed E-state index contributed by atoms with van der Waals surface area (Å²) in [4.78, 5) is 34.2. The third kappa shape index (κ3) is 1.12. The molecule has 0 aromatic heterocycles. The van der Waals surface area contributed by atoms with E-state index in [1.165, 1.54) is 7.11 Å². The van der Waals surface area contributed by atoms with E-state index in [1.807, 2.05) is 0 Å². The van der Waals surface area contributed by atoms with Gasteiger partial charge in [-0.05, 0) is 12.8 Å². The highest BCUT2D eigenvalue weighted by molar-refractivity contribution is 6.20. The maximum atomic E-state index is 11.8. The SMILES string of the molecule is COC(=O)C1C(=O)NCC2(CC2)C1=O. The van der Waals surface area contributed by atoms with Crippen LogP contribution < -0.4 is 5.32 Å². The van der Waals surface area contributed by atoms with Gasteiger partial charge in [0.1, 0.15) is 0 Å². The minimum Gasteiger partial charge on any atom is -0.468 e. The van der Waals surface area contributed by atoms with E-state index in [0.717, 1.165) is 12.8 Å². The minimum absolute atomic E-state index is 0.270. The van der Waals surface area contributed by atoms with Gasteiger partial charge in [0.05, 0.1) is 7.11 Å². The summed E-state index contributed by atoms with van der Waals surface area (Å²) in [6, 6.07) is 0. The lowest BCUT2D eigenvalue weighted by molar-refractivity contribution is -0.157. The van der Waals surface area contributed by atoms with Crippen LogP contribution in [0.5, 0.6) is 0 Å². The van der Waals surface area contributed by atoms with Crippen LogP contribution >= 0.6 is 0 Å². The van der Waals surface area contributed by atoms with Crippen LogP contribution in [0.4, 0.5) is 0 Å². The fourth-order valence-corrected chi connectivity index (χ4v) is 1.78. The maximum Gasteiger partial charge on any atom is 0.325 e. The molecule has 1 saturated heterocycles. The van der Waals surface area contributed by atoms with Crippen LogP contribution in [0.25, 0.3) is 0 Å². The van der Waals surface area contributed by atoms with Gasteiger partial charge in [-0.15, -0.1) is 0 Å². The summed E-state index contributed by atoms with van der Waals surface area (Å²) in [7, 11) is 1.18. The molecular weight excluding hydrogens is 186 g/mol. The van der Waals surface area contributed by atoms with Crippen LogP contribution in [0.2, 0.25) is 0 Å². The third-order valence-electron chi connectivity index (χ3n) is 2.94. The first-order valence-corrected chi connectivity index (χ1v) is 4.50. The first kappa shape index (κ1) is 9.18. The third-order valence-corrected chi connectivity index (χ3v) is 2.94. The van der Waals surface area contributed by atoms with Crippen LogP contribution in [0.15, 0.2) is 0 Å². The Hall–Kier alpha value is -1.39. The molecular formula is C9H11NO4. The molecule has 1 atom stereocenters. The number of carbonyl (C=O) groups excluding carboxylic acids is 3. The lowest BCUT2D eigenvalue weighted by Crippen LogP contribution is -2.52. The van der Waals surface area contributed by atoms with Gasteiger partial charge in [0.2, 0.25) is 5.91 Å². The molecule has 14 heavy (non-hydrogen) atoms. The highest BCUT2D eigenvalue weighted by Crippen LogP contribution is 2.49. The normalized spacial score (nSPS) is 28.5. The molecule has 0 aromatic rings. The summed E-state index contributed by atoms with van der Waals surface area (Å²) in [6.07, 6.45) is 1.53. The van der Waals surface area contributed by atoms with Crippen LogP contribution in [-0.2, 0) is 19.1 Å². The molecule has 0 bridgehead atoms.